The Bertz CT molecular complexity index is 72.8. The first-order valence-corrected chi connectivity index (χ1v) is 2.08. The van der Waals surface area contributed by atoms with Crippen LogP contribution in [0.25, 0.3) is 0 Å². The molecule has 0 spiro atoms. The van der Waals surface area contributed by atoms with Crippen molar-refractivity contribution in [3.63, 3.8) is 0 Å². The van der Waals surface area contributed by atoms with Gasteiger partial charge in [-0.25, -0.2) is 0 Å². The molecule has 0 saturated heterocycles. The Morgan fingerprint density at radius 3 is 2.12 bits per heavy atom. The first-order chi connectivity index (χ1) is 3.18. The van der Waals surface area contributed by atoms with Gasteiger partial charge in [0.05, 0.1) is 0 Å². The number of rotatable bonds is 2. The van der Waals surface area contributed by atoms with E-state index in [-0.39, 0.29) is 7.43 Å². The summed E-state index contributed by atoms with van der Waals surface area (Å²) in [6, 6.07) is -0.431. The zero-order chi connectivity index (χ0) is 5.86. The molecule has 0 aromatic carbocycles. The first-order valence-electron chi connectivity index (χ1n) is 2.08. The van der Waals surface area contributed by atoms with Gasteiger partial charge in [-0.2, -0.15) is 0 Å². The minimum Gasteiger partial charge on any atom is -0.480 e. The molecule has 0 rings (SSSR count). The van der Waals surface area contributed by atoms with Crippen LogP contribution in [0.15, 0.2) is 0 Å². The molecule has 0 amide bonds. The molecule has 0 aliphatic rings. The number of nitrogens with one attached hydrogen (secondary N) is 1. The number of carboxylic acids is 1. The van der Waals surface area contributed by atoms with Crippen molar-refractivity contribution in [3.8, 4) is 0 Å². The Hall–Kier alpha value is -0.570. The van der Waals surface area contributed by atoms with Crippen LogP contribution in [0.2, 0.25) is 0 Å². The summed E-state index contributed by atoms with van der Waals surface area (Å²) in [6.45, 7) is 1.59. The highest BCUT2D eigenvalue weighted by Crippen LogP contribution is 1.74. The molecule has 0 saturated carbocycles. The molecule has 0 bridgehead atoms. The Balaban J connectivity index is 0. The van der Waals surface area contributed by atoms with Crippen LogP contribution in [-0.4, -0.2) is 24.2 Å². The van der Waals surface area contributed by atoms with Gasteiger partial charge in [-0.1, -0.05) is 7.43 Å². The fourth-order valence-corrected chi connectivity index (χ4v) is 0.123. The van der Waals surface area contributed by atoms with E-state index in [4.69, 9.17) is 5.11 Å². The van der Waals surface area contributed by atoms with Crippen LogP contribution in [0.3, 0.4) is 0 Å². The van der Waals surface area contributed by atoms with Gasteiger partial charge in [-0.3, -0.25) is 4.79 Å². The van der Waals surface area contributed by atoms with Crippen LogP contribution in [-0.2, 0) is 4.79 Å². The molecule has 8 heavy (non-hydrogen) atoms. The molecule has 1 unspecified atom stereocenters. The van der Waals surface area contributed by atoms with E-state index in [1.807, 2.05) is 0 Å². The Morgan fingerprint density at radius 1 is 1.75 bits per heavy atom. The smallest absolute Gasteiger partial charge is 0.320 e. The molecule has 0 aromatic heterocycles. The largest absolute Gasteiger partial charge is 0.480 e. The summed E-state index contributed by atoms with van der Waals surface area (Å²) in [5.41, 5.74) is 0. The van der Waals surface area contributed by atoms with E-state index in [2.05, 4.69) is 5.32 Å². The van der Waals surface area contributed by atoms with Gasteiger partial charge < -0.3 is 10.4 Å². The molecule has 2 N–H and O–H groups in total. The summed E-state index contributed by atoms with van der Waals surface area (Å²) in [6.07, 6.45) is 0. The van der Waals surface area contributed by atoms with Crippen molar-refractivity contribution in [2.45, 2.75) is 20.4 Å². The Morgan fingerprint density at radius 2 is 2.12 bits per heavy atom. The lowest BCUT2D eigenvalue weighted by molar-refractivity contribution is -0.138. The number of likely N-dealkylation sites (N-methyl/N-ethyl adjacent to an activating group) is 1. The lowest BCUT2D eigenvalue weighted by Gasteiger charge is -1.99. The van der Waals surface area contributed by atoms with Crippen LogP contribution < -0.4 is 5.32 Å². The van der Waals surface area contributed by atoms with E-state index in [1.54, 1.807) is 14.0 Å². The highest BCUT2D eigenvalue weighted by Gasteiger charge is 2.04. The molecular weight excluding hydrogens is 106 g/mol. The van der Waals surface area contributed by atoms with E-state index in [0.29, 0.717) is 0 Å². The maximum Gasteiger partial charge on any atom is 0.320 e. The molecule has 3 heteroatoms. The predicted octanol–water partition coefficient (Wildman–Crippen LogP) is 0.315. The van der Waals surface area contributed by atoms with E-state index in [9.17, 15) is 4.79 Å². The van der Waals surface area contributed by atoms with Crippen molar-refractivity contribution >= 4 is 5.97 Å². The van der Waals surface area contributed by atoms with Gasteiger partial charge >= 0.3 is 5.97 Å². The summed E-state index contributed by atoms with van der Waals surface area (Å²) in [7, 11) is 1.61. The second-order valence-electron chi connectivity index (χ2n) is 1.35. The van der Waals surface area contributed by atoms with Gasteiger partial charge in [-0.15, -0.1) is 0 Å². The van der Waals surface area contributed by atoms with Crippen molar-refractivity contribution < 1.29 is 9.90 Å². The zero-order valence-electron chi connectivity index (χ0n) is 4.43. The SMILES string of the molecule is C.CNC(C)C(=O)O. The third-order valence-corrected chi connectivity index (χ3v) is 0.803. The maximum atomic E-state index is 9.87. The standard InChI is InChI=1S/C4H9NO2.CH4/c1-3(5-2)4(6)7;/h3,5H,1-2H3,(H,6,7);1H4. The molecule has 1 atom stereocenters. The molecule has 0 aromatic rings. The number of hydrogen-bond acceptors (Lipinski definition) is 2. The average Bonchev–Trinajstić information content (AvgIpc) is 1.65. The molecule has 0 heterocycles. The van der Waals surface area contributed by atoms with Gasteiger partial charge in [0.1, 0.15) is 6.04 Å². The monoisotopic (exact) mass is 119 g/mol. The van der Waals surface area contributed by atoms with E-state index >= 15 is 0 Å². The third-order valence-electron chi connectivity index (χ3n) is 0.803. The highest BCUT2D eigenvalue weighted by atomic mass is 16.4. The molecule has 3 nitrogen and oxygen atoms in total. The fourth-order valence-electron chi connectivity index (χ4n) is 0.123. The quantitative estimate of drug-likeness (QED) is 0.550. The van der Waals surface area contributed by atoms with Crippen molar-refractivity contribution in [3.05, 3.63) is 0 Å². The average molecular weight is 119 g/mol. The third kappa shape index (κ3) is 3.61. The molecule has 0 radical (unpaired) electrons. The molecule has 0 aliphatic carbocycles. The van der Waals surface area contributed by atoms with E-state index in [1.165, 1.54) is 0 Å². The number of carbonyl (C=O) groups is 1. The van der Waals surface area contributed by atoms with Crippen molar-refractivity contribution in [1.82, 2.24) is 5.32 Å². The van der Waals surface area contributed by atoms with Gasteiger partial charge in [0.25, 0.3) is 0 Å². The molecule has 0 aliphatic heterocycles. The summed E-state index contributed by atoms with van der Waals surface area (Å²) in [5.74, 6) is -0.817. The fraction of sp³-hybridized carbons (Fsp3) is 0.800. The summed E-state index contributed by atoms with van der Waals surface area (Å²) in [4.78, 5) is 9.87. The van der Waals surface area contributed by atoms with Crippen molar-refractivity contribution in [1.29, 1.82) is 0 Å². The van der Waals surface area contributed by atoms with Gasteiger partial charge in [-0.05, 0) is 14.0 Å². The number of hydrogen-bond donors (Lipinski definition) is 2. The van der Waals surface area contributed by atoms with Crippen molar-refractivity contribution in [2.75, 3.05) is 7.05 Å². The minimum atomic E-state index is -0.817. The summed E-state index contributed by atoms with van der Waals surface area (Å²) >= 11 is 0. The van der Waals surface area contributed by atoms with Crippen LogP contribution >= 0.6 is 0 Å². The lowest BCUT2D eigenvalue weighted by atomic mass is 10.4. The maximum absolute atomic E-state index is 9.87. The van der Waals surface area contributed by atoms with Crippen LogP contribution in [0.5, 0.6) is 0 Å². The molecular formula is C5H13NO2. The molecule has 0 fully saturated rings. The van der Waals surface area contributed by atoms with E-state index in [0.717, 1.165) is 0 Å². The normalized spacial score (nSPS) is 11.8. The van der Waals surface area contributed by atoms with Gasteiger partial charge in [0.15, 0.2) is 0 Å². The second-order valence-corrected chi connectivity index (χ2v) is 1.35. The Labute approximate surface area is 49.7 Å². The second kappa shape index (κ2) is 4.59. The van der Waals surface area contributed by atoms with E-state index < -0.39 is 12.0 Å². The zero-order valence-corrected chi connectivity index (χ0v) is 4.43. The predicted molar refractivity (Wildman–Crippen MR) is 32.9 cm³/mol. The number of aliphatic carboxylic acids is 1. The summed E-state index contributed by atoms with van der Waals surface area (Å²) < 4.78 is 0. The van der Waals surface area contributed by atoms with Crippen molar-refractivity contribution in [2.24, 2.45) is 0 Å². The lowest BCUT2D eigenvalue weighted by Crippen LogP contribution is -2.29. The molecule has 50 valence electrons. The van der Waals surface area contributed by atoms with Gasteiger partial charge in [0.2, 0.25) is 0 Å². The van der Waals surface area contributed by atoms with Crippen LogP contribution in [0.1, 0.15) is 14.4 Å². The topological polar surface area (TPSA) is 49.3 Å². The Kier molecular flexibility index (Phi) is 5.97. The van der Waals surface area contributed by atoms with Crippen LogP contribution in [0.4, 0.5) is 0 Å². The first kappa shape index (κ1) is 10.4. The minimum absolute atomic E-state index is 0. The van der Waals surface area contributed by atoms with Gasteiger partial charge in [0, 0.05) is 0 Å². The highest BCUT2D eigenvalue weighted by molar-refractivity contribution is 5.72. The number of carboxylic acid groups (broad SMARTS) is 1. The summed E-state index contributed by atoms with van der Waals surface area (Å²) in [5, 5.41) is 10.7. The van der Waals surface area contributed by atoms with Crippen LogP contribution in [0, 0.1) is 0 Å².